The Labute approximate surface area is 150 Å². The van der Waals surface area contributed by atoms with E-state index in [0.29, 0.717) is 11.2 Å². The maximum Gasteiger partial charge on any atom is 0.136 e. The molecule has 0 bridgehead atoms. The van der Waals surface area contributed by atoms with Gasteiger partial charge in [-0.3, -0.25) is 0 Å². The zero-order valence-corrected chi connectivity index (χ0v) is 15.1. The molecule has 4 aliphatic rings. The van der Waals surface area contributed by atoms with Crippen LogP contribution in [-0.4, -0.2) is 29.8 Å². The molecule has 0 amide bonds. The molecule has 2 nitrogen and oxygen atoms in total. The molecule has 2 aliphatic heterocycles. The number of nitrogens with zero attached hydrogens (tertiary/aromatic N) is 1. The van der Waals surface area contributed by atoms with Crippen molar-refractivity contribution in [2.24, 2.45) is 5.92 Å². The van der Waals surface area contributed by atoms with Gasteiger partial charge in [-0.05, 0) is 63.7 Å². The number of rotatable bonds is 4. The van der Waals surface area contributed by atoms with E-state index in [1.165, 1.54) is 62.2 Å². The van der Waals surface area contributed by atoms with Crippen LogP contribution in [0.25, 0.3) is 0 Å². The number of piperidine rings is 1. The van der Waals surface area contributed by atoms with Crippen molar-refractivity contribution < 1.29 is 4.74 Å². The first-order valence-corrected chi connectivity index (χ1v) is 10.3. The summed E-state index contributed by atoms with van der Waals surface area (Å²) in [6.45, 7) is 3.88. The fraction of sp³-hybridized carbons (Fsp3) is 0.524. The van der Waals surface area contributed by atoms with Crippen molar-refractivity contribution in [2.75, 3.05) is 19.6 Å². The van der Waals surface area contributed by atoms with Crippen LogP contribution in [0.2, 0.25) is 0 Å². The Kier molecular flexibility index (Phi) is 5.29. The minimum atomic E-state index is 0.415. The molecule has 2 atom stereocenters. The number of ether oxygens (including phenoxy) is 1. The standard InChI is InChI=1S/C21H27NOS/c1-4-13-22(14-5-1)15-7-10-17-9-6-11-19-21(17)24-20-12-3-2-8-18(20)16-23-19/h2-3,6,8,11-12,16-17,20H,1,4-5,7,9-10,13-15H2. The van der Waals surface area contributed by atoms with Crippen LogP contribution in [0.3, 0.4) is 0 Å². The van der Waals surface area contributed by atoms with Crippen molar-refractivity contribution in [1.82, 2.24) is 4.90 Å². The molecule has 0 saturated carbocycles. The van der Waals surface area contributed by atoms with Crippen molar-refractivity contribution in [1.29, 1.82) is 0 Å². The molecule has 128 valence electrons. The Bertz CT molecular complexity index is 607. The molecule has 0 spiro atoms. The van der Waals surface area contributed by atoms with E-state index in [-0.39, 0.29) is 0 Å². The molecule has 1 fully saturated rings. The van der Waals surface area contributed by atoms with E-state index in [1.54, 1.807) is 0 Å². The summed E-state index contributed by atoms with van der Waals surface area (Å²) in [7, 11) is 0. The smallest absolute Gasteiger partial charge is 0.136 e. The molecule has 24 heavy (non-hydrogen) atoms. The second-order valence-electron chi connectivity index (χ2n) is 7.13. The summed E-state index contributed by atoms with van der Waals surface area (Å²) in [5.41, 5.74) is 1.28. The summed E-state index contributed by atoms with van der Waals surface area (Å²) in [4.78, 5) is 4.12. The lowest BCUT2D eigenvalue weighted by Gasteiger charge is -2.28. The van der Waals surface area contributed by atoms with Crippen molar-refractivity contribution in [3.8, 4) is 0 Å². The highest BCUT2D eigenvalue weighted by Crippen LogP contribution is 2.44. The van der Waals surface area contributed by atoms with Gasteiger partial charge in [0.05, 0.1) is 11.5 Å². The monoisotopic (exact) mass is 341 g/mol. The third-order valence-electron chi connectivity index (χ3n) is 5.37. The molecule has 1 saturated heterocycles. The van der Waals surface area contributed by atoms with Crippen LogP contribution in [0, 0.1) is 5.92 Å². The Morgan fingerprint density at radius 3 is 2.96 bits per heavy atom. The average molecular weight is 342 g/mol. The van der Waals surface area contributed by atoms with Crippen molar-refractivity contribution in [2.45, 2.75) is 43.8 Å². The molecule has 3 heteroatoms. The van der Waals surface area contributed by atoms with Gasteiger partial charge in [-0.15, -0.1) is 11.8 Å². The van der Waals surface area contributed by atoms with Crippen LogP contribution in [0.4, 0.5) is 0 Å². The summed E-state index contributed by atoms with van der Waals surface area (Å²) in [5, 5.41) is 0.415. The highest BCUT2D eigenvalue weighted by molar-refractivity contribution is 8.04. The van der Waals surface area contributed by atoms with Gasteiger partial charge in [0.1, 0.15) is 5.76 Å². The lowest BCUT2D eigenvalue weighted by molar-refractivity contribution is 0.221. The summed E-state index contributed by atoms with van der Waals surface area (Å²) >= 11 is 2.00. The Morgan fingerprint density at radius 1 is 1.12 bits per heavy atom. The van der Waals surface area contributed by atoms with Crippen LogP contribution >= 0.6 is 11.8 Å². The van der Waals surface area contributed by atoms with Gasteiger partial charge in [-0.1, -0.05) is 36.8 Å². The minimum Gasteiger partial charge on any atom is -0.464 e. The lowest BCUT2D eigenvalue weighted by Crippen LogP contribution is -2.30. The average Bonchev–Trinajstić information content (AvgIpc) is 2.83. The van der Waals surface area contributed by atoms with Gasteiger partial charge in [0.25, 0.3) is 0 Å². The largest absolute Gasteiger partial charge is 0.464 e. The summed E-state index contributed by atoms with van der Waals surface area (Å²) in [5.74, 6) is 1.71. The number of allylic oxidation sites excluding steroid dienone is 6. The van der Waals surface area contributed by atoms with E-state index in [9.17, 15) is 0 Å². The van der Waals surface area contributed by atoms with E-state index in [0.717, 1.165) is 12.2 Å². The molecule has 0 aromatic heterocycles. The quantitative estimate of drug-likeness (QED) is 0.699. The summed E-state index contributed by atoms with van der Waals surface area (Å²) in [6.07, 6.45) is 23.1. The fourth-order valence-electron chi connectivity index (χ4n) is 3.99. The number of hydrogen-bond donors (Lipinski definition) is 0. The normalized spacial score (nSPS) is 29.6. The third kappa shape index (κ3) is 3.73. The Hall–Kier alpha value is -1.19. The van der Waals surface area contributed by atoms with Gasteiger partial charge in [0, 0.05) is 10.5 Å². The Morgan fingerprint density at radius 2 is 2.04 bits per heavy atom. The third-order valence-corrected chi connectivity index (χ3v) is 6.84. The summed E-state index contributed by atoms with van der Waals surface area (Å²) in [6, 6.07) is 0. The first-order valence-electron chi connectivity index (χ1n) is 9.41. The first-order chi connectivity index (χ1) is 11.9. The van der Waals surface area contributed by atoms with Crippen LogP contribution in [0.1, 0.15) is 38.5 Å². The van der Waals surface area contributed by atoms with Crippen LogP contribution in [0.5, 0.6) is 0 Å². The second kappa shape index (κ2) is 7.79. The predicted octanol–water partition coefficient (Wildman–Crippen LogP) is 5.18. The Balaban J connectivity index is 1.38. The maximum absolute atomic E-state index is 6.02. The highest BCUT2D eigenvalue weighted by atomic mass is 32.2. The number of hydrogen-bond acceptors (Lipinski definition) is 3. The van der Waals surface area contributed by atoms with Gasteiger partial charge in [-0.2, -0.15) is 0 Å². The SMILES string of the molecule is C1=CC2=COC3=C(SC2C=C1)C(CCCN1CCCCC1)CC=C3. The van der Waals surface area contributed by atoms with Gasteiger partial charge in [0.2, 0.25) is 0 Å². The van der Waals surface area contributed by atoms with Crippen molar-refractivity contribution >= 4 is 11.8 Å². The summed E-state index contributed by atoms with van der Waals surface area (Å²) < 4.78 is 6.02. The second-order valence-corrected chi connectivity index (χ2v) is 8.31. The van der Waals surface area contributed by atoms with Crippen molar-refractivity contribution in [3.63, 3.8) is 0 Å². The molecule has 4 rings (SSSR count). The molecule has 2 heterocycles. The zero-order valence-electron chi connectivity index (χ0n) is 14.3. The van der Waals surface area contributed by atoms with Gasteiger partial charge >= 0.3 is 0 Å². The number of thioether (sulfide) groups is 1. The van der Waals surface area contributed by atoms with E-state index in [1.807, 2.05) is 18.0 Å². The molecule has 0 aromatic carbocycles. The van der Waals surface area contributed by atoms with E-state index in [4.69, 9.17) is 4.74 Å². The number of likely N-dealkylation sites (tertiary alicyclic amines) is 1. The lowest BCUT2D eigenvalue weighted by atomic mass is 9.94. The van der Waals surface area contributed by atoms with Crippen LogP contribution in [0.15, 0.2) is 59.0 Å². The zero-order chi connectivity index (χ0) is 16.2. The number of fused-ring (bicyclic) bond motifs is 1. The molecular weight excluding hydrogens is 314 g/mol. The van der Waals surface area contributed by atoms with Crippen LogP contribution < -0.4 is 0 Å². The van der Waals surface area contributed by atoms with Crippen LogP contribution in [-0.2, 0) is 4.74 Å². The van der Waals surface area contributed by atoms with Gasteiger partial charge < -0.3 is 9.64 Å². The molecule has 2 unspecified atom stereocenters. The first kappa shape index (κ1) is 16.3. The molecule has 0 N–H and O–H groups in total. The molecule has 0 radical (unpaired) electrons. The molecule has 0 aromatic rings. The van der Waals surface area contributed by atoms with Gasteiger partial charge in [0.15, 0.2) is 0 Å². The molecule has 2 aliphatic carbocycles. The van der Waals surface area contributed by atoms with E-state index < -0.39 is 0 Å². The van der Waals surface area contributed by atoms with Gasteiger partial charge in [-0.25, -0.2) is 0 Å². The fourth-order valence-corrected chi connectivity index (χ4v) is 5.35. The topological polar surface area (TPSA) is 12.5 Å². The highest BCUT2D eigenvalue weighted by Gasteiger charge is 2.28. The van der Waals surface area contributed by atoms with E-state index in [2.05, 4.69) is 41.4 Å². The molecular formula is C21H27NOS. The maximum atomic E-state index is 6.02. The predicted molar refractivity (Wildman–Crippen MR) is 103 cm³/mol. The van der Waals surface area contributed by atoms with Crippen molar-refractivity contribution in [3.05, 3.63) is 59.0 Å². The minimum absolute atomic E-state index is 0.415. The van der Waals surface area contributed by atoms with E-state index >= 15 is 0 Å².